The molecule has 0 aromatic heterocycles. The topological polar surface area (TPSA) is 15.3 Å². The highest BCUT2D eigenvalue weighted by molar-refractivity contribution is 7.99. The molecule has 0 aliphatic carbocycles. The van der Waals surface area contributed by atoms with Crippen molar-refractivity contribution >= 4 is 11.8 Å². The molecular weight excluding hydrogens is 271 g/mol. The average Bonchev–Trinajstić information content (AvgIpc) is 2.48. The van der Waals surface area contributed by atoms with Gasteiger partial charge < -0.3 is 10.2 Å². The van der Waals surface area contributed by atoms with Gasteiger partial charge in [-0.2, -0.15) is 11.8 Å². The minimum atomic E-state index is -0.139. The minimum Gasteiger partial charge on any atom is -0.310 e. The van der Waals surface area contributed by atoms with Gasteiger partial charge in [0.2, 0.25) is 0 Å². The first kappa shape index (κ1) is 15.8. The van der Waals surface area contributed by atoms with Gasteiger partial charge in [-0.15, -0.1) is 0 Å². The van der Waals surface area contributed by atoms with Crippen molar-refractivity contribution < 1.29 is 4.39 Å². The molecule has 20 heavy (non-hydrogen) atoms. The number of hydrogen-bond donors (Lipinski definition) is 1. The van der Waals surface area contributed by atoms with E-state index in [2.05, 4.69) is 17.1 Å². The minimum absolute atomic E-state index is 0.139. The summed E-state index contributed by atoms with van der Waals surface area (Å²) in [5.74, 6) is 2.35. The highest BCUT2D eigenvalue weighted by Gasteiger charge is 2.15. The lowest BCUT2D eigenvalue weighted by molar-refractivity contribution is 0.280. The standard InChI is InChI=1S/C16H25FN2S/c1-2-7-18-16(14-4-3-5-15(17)13-14)6-8-19-9-11-20-12-10-19/h3-5,13,16,18H,2,6-12H2,1H3. The summed E-state index contributed by atoms with van der Waals surface area (Å²) in [5, 5.41) is 3.55. The molecule has 1 aromatic rings. The van der Waals surface area contributed by atoms with Crippen LogP contribution in [0.2, 0.25) is 0 Å². The van der Waals surface area contributed by atoms with Gasteiger partial charge in [0.05, 0.1) is 0 Å². The van der Waals surface area contributed by atoms with E-state index in [-0.39, 0.29) is 11.9 Å². The zero-order valence-corrected chi connectivity index (χ0v) is 13.1. The van der Waals surface area contributed by atoms with Crippen molar-refractivity contribution in [2.24, 2.45) is 0 Å². The summed E-state index contributed by atoms with van der Waals surface area (Å²) in [7, 11) is 0. The summed E-state index contributed by atoms with van der Waals surface area (Å²) >= 11 is 2.04. The highest BCUT2D eigenvalue weighted by atomic mass is 32.2. The van der Waals surface area contributed by atoms with Crippen molar-refractivity contribution in [1.29, 1.82) is 0 Å². The highest BCUT2D eigenvalue weighted by Crippen LogP contribution is 2.19. The first-order chi connectivity index (χ1) is 9.79. The van der Waals surface area contributed by atoms with Gasteiger partial charge in [0.25, 0.3) is 0 Å². The molecule has 0 amide bonds. The normalized spacial score (nSPS) is 18.1. The first-order valence-electron chi connectivity index (χ1n) is 7.58. The summed E-state index contributed by atoms with van der Waals surface area (Å²) in [5.41, 5.74) is 1.07. The molecule has 0 spiro atoms. The molecule has 1 aliphatic rings. The molecule has 0 radical (unpaired) electrons. The lowest BCUT2D eigenvalue weighted by Crippen LogP contribution is -2.35. The SMILES string of the molecule is CCCNC(CCN1CCSCC1)c1cccc(F)c1. The Labute approximate surface area is 126 Å². The van der Waals surface area contributed by atoms with Gasteiger partial charge in [-0.3, -0.25) is 0 Å². The van der Waals surface area contributed by atoms with Crippen LogP contribution in [0.5, 0.6) is 0 Å². The van der Waals surface area contributed by atoms with E-state index < -0.39 is 0 Å². The van der Waals surface area contributed by atoms with E-state index in [0.29, 0.717) is 0 Å². The van der Waals surface area contributed by atoms with E-state index >= 15 is 0 Å². The molecular formula is C16H25FN2S. The Morgan fingerprint density at radius 2 is 2.15 bits per heavy atom. The Morgan fingerprint density at radius 3 is 2.85 bits per heavy atom. The third kappa shape index (κ3) is 5.08. The molecule has 1 atom stereocenters. The van der Waals surface area contributed by atoms with Crippen LogP contribution in [-0.4, -0.2) is 42.6 Å². The fourth-order valence-electron chi connectivity index (χ4n) is 2.56. The Bertz CT molecular complexity index is 394. The molecule has 1 aromatic carbocycles. The molecule has 112 valence electrons. The maximum absolute atomic E-state index is 13.4. The van der Waals surface area contributed by atoms with Gasteiger partial charge in [-0.1, -0.05) is 19.1 Å². The lowest BCUT2D eigenvalue weighted by Gasteiger charge is -2.28. The summed E-state index contributed by atoms with van der Waals surface area (Å²) in [6, 6.07) is 7.28. The monoisotopic (exact) mass is 296 g/mol. The van der Waals surface area contributed by atoms with Crippen molar-refractivity contribution in [3.05, 3.63) is 35.6 Å². The summed E-state index contributed by atoms with van der Waals surface area (Å²) < 4.78 is 13.4. The van der Waals surface area contributed by atoms with E-state index in [9.17, 15) is 4.39 Å². The third-order valence-corrected chi connectivity index (χ3v) is 4.67. The van der Waals surface area contributed by atoms with Gasteiger partial charge in [0.1, 0.15) is 5.82 Å². The van der Waals surface area contributed by atoms with Crippen molar-refractivity contribution in [2.75, 3.05) is 37.7 Å². The molecule has 1 heterocycles. The zero-order valence-electron chi connectivity index (χ0n) is 12.3. The summed E-state index contributed by atoms with van der Waals surface area (Å²) in [6.07, 6.45) is 2.15. The van der Waals surface area contributed by atoms with E-state index in [1.54, 1.807) is 6.07 Å². The van der Waals surface area contributed by atoms with Gasteiger partial charge in [0, 0.05) is 37.2 Å². The largest absolute Gasteiger partial charge is 0.310 e. The second kappa shape index (κ2) is 8.65. The molecule has 1 saturated heterocycles. The van der Waals surface area contributed by atoms with Crippen LogP contribution < -0.4 is 5.32 Å². The van der Waals surface area contributed by atoms with Gasteiger partial charge in [0.15, 0.2) is 0 Å². The van der Waals surface area contributed by atoms with Gasteiger partial charge >= 0.3 is 0 Å². The zero-order chi connectivity index (χ0) is 14.2. The predicted molar refractivity (Wildman–Crippen MR) is 85.8 cm³/mol. The predicted octanol–water partition coefficient (Wildman–Crippen LogP) is 3.31. The molecule has 1 unspecified atom stereocenters. The van der Waals surface area contributed by atoms with E-state index in [4.69, 9.17) is 0 Å². The first-order valence-corrected chi connectivity index (χ1v) is 8.74. The van der Waals surface area contributed by atoms with Crippen molar-refractivity contribution in [1.82, 2.24) is 10.2 Å². The molecule has 1 aliphatic heterocycles. The fourth-order valence-corrected chi connectivity index (χ4v) is 3.54. The molecule has 1 N–H and O–H groups in total. The Balaban J connectivity index is 1.92. The van der Waals surface area contributed by atoms with E-state index in [1.165, 1.54) is 30.7 Å². The van der Waals surface area contributed by atoms with E-state index in [0.717, 1.165) is 31.5 Å². The summed E-state index contributed by atoms with van der Waals surface area (Å²) in [4.78, 5) is 2.52. The third-order valence-electron chi connectivity index (χ3n) is 3.73. The van der Waals surface area contributed by atoms with Crippen LogP contribution in [0.4, 0.5) is 4.39 Å². The second-order valence-electron chi connectivity index (χ2n) is 5.30. The second-order valence-corrected chi connectivity index (χ2v) is 6.53. The summed E-state index contributed by atoms with van der Waals surface area (Å²) in [6.45, 7) is 6.62. The Hall–Kier alpha value is -0.580. The van der Waals surface area contributed by atoms with E-state index in [1.807, 2.05) is 23.9 Å². The Morgan fingerprint density at radius 1 is 1.35 bits per heavy atom. The van der Waals surface area contributed by atoms with Crippen LogP contribution in [0.3, 0.4) is 0 Å². The van der Waals surface area contributed by atoms with Crippen molar-refractivity contribution in [3.8, 4) is 0 Å². The number of rotatable bonds is 7. The van der Waals surface area contributed by atoms with Crippen LogP contribution in [0.25, 0.3) is 0 Å². The van der Waals surface area contributed by atoms with Crippen LogP contribution in [0.1, 0.15) is 31.4 Å². The van der Waals surface area contributed by atoms with Crippen LogP contribution in [-0.2, 0) is 0 Å². The lowest BCUT2D eigenvalue weighted by atomic mass is 10.0. The number of nitrogens with zero attached hydrogens (tertiary/aromatic N) is 1. The number of nitrogens with one attached hydrogen (secondary N) is 1. The maximum atomic E-state index is 13.4. The van der Waals surface area contributed by atoms with Gasteiger partial charge in [-0.05, 0) is 37.1 Å². The molecule has 2 nitrogen and oxygen atoms in total. The average molecular weight is 296 g/mol. The van der Waals surface area contributed by atoms with Crippen LogP contribution in [0, 0.1) is 5.82 Å². The molecule has 0 bridgehead atoms. The van der Waals surface area contributed by atoms with Crippen molar-refractivity contribution in [2.45, 2.75) is 25.8 Å². The van der Waals surface area contributed by atoms with Crippen LogP contribution in [0.15, 0.2) is 24.3 Å². The number of hydrogen-bond acceptors (Lipinski definition) is 3. The molecule has 1 fully saturated rings. The number of halogens is 1. The van der Waals surface area contributed by atoms with Crippen LogP contribution >= 0.6 is 11.8 Å². The Kier molecular flexibility index (Phi) is 6.83. The number of benzene rings is 1. The smallest absolute Gasteiger partial charge is 0.123 e. The van der Waals surface area contributed by atoms with Crippen molar-refractivity contribution in [3.63, 3.8) is 0 Å². The quantitative estimate of drug-likeness (QED) is 0.831. The molecule has 4 heteroatoms. The fraction of sp³-hybridized carbons (Fsp3) is 0.625. The number of thioether (sulfide) groups is 1. The van der Waals surface area contributed by atoms with Gasteiger partial charge in [-0.25, -0.2) is 4.39 Å². The molecule has 2 rings (SSSR count). The molecule has 0 saturated carbocycles. The maximum Gasteiger partial charge on any atom is 0.123 e.